The Morgan fingerprint density at radius 2 is 1.92 bits per heavy atom. The second-order valence-corrected chi connectivity index (χ2v) is 6.24. The van der Waals surface area contributed by atoms with Gasteiger partial charge in [-0.05, 0) is 50.6 Å². The topological polar surface area (TPSA) is 60.7 Å². The molecule has 6 nitrogen and oxygen atoms in total. The first-order valence-corrected chi connectivity index (χ1v) is 8.45. The fourth-order valence-electron chi connectivity index (χ4n) is 2.69. The van der Waals surface area contributed by atoms with Crippen molar-refractivity contribution in [2.45, 2.75) is 39.5 Å². The highest BCUT2D eigenvalue weighted by atomic mass is 16.5. The van der Waals surface area contributed by atoms with Crippen LogP contribution in [0.3, 0.4) is 0 Å². The van der Waals surface area contributed by atoms with Crippen LogP contribution in [0, 0.1) is 0 Å². The van der Waals surface area contributed by atoms with Gasteiger partial charge in [0, 0.05) is 12.7 Å². The predicted octanol–water partition coefficient (Wildman–Crippen LogP) is 3.38. The maximum atomic E-state index is 5.76. The lowest BCUT2D eigenvalue weighted by Crippen LogP contribution is -2.20. The third kappa shape index (κ3) is 3.91. The molecule has 0 radical (unpaired) electrons. The normalized spacial score (nSPS) is 12.5. The van der Waals surface area contributed by atoms with E-state index >= 15 is 0 Å². The van der Waals surface area contributed by atoms with Gasteiger partial charge in [-0.25, -0.2) is 0 Å². The van der Waals surface area contributed by atoms with E-state index in [1.807, 2.05) is 60.8 Å². The van der Waals surface area contributed by atoms with Gasteiger partial charge >= 0.3 is 0 Å². The lowest BCUT2D eigenvalue weighted by atomic mass is 10.2. The van der Waals surface area contributed by atoms with E-state index in [1.165, 1.54) is 0 Å². The van der Waals surface area contributed by atoms with Crippen molar-refractivity contribution >= 4 is 5.65 Å². The van der Waals surface area contributed by atoms with E-state index < -0.39 is 0 Å². The van der Waals surface area contributed by atoms with Gasteiger partial charge in [0.15, 0.2) is 23.0 Å². The largest absolute Gasteiger partial charge is 0.493 e. The summed E-state index contributed by atoms with van der Waals surface area (Å²) in [6.07, 6.45) is 2.09. The summed E-state index contributed by atoms with van der Waals surface area (Å²) < 4.78 is 13.2. The van der Waals surface area contributed by atoms with Crippen LogP contribution in [0.2, 0.25) is 0 Å². The van der Waals surface area contributed by atoms with Crippen molar-refractivity contribution in [2.75, 3.05) is 7.11 Å². The number of hydrogen-bond acceptors (Lipinski definition) is 5. The van der Waals surface area contributed by atoms with E-state index in [1.54, 1.807) is 7.11 Å². The van der Waals surface area contributed by atoms with Gasteiger partial charge in [-0.3, -0.25) is 4.40 Å². The first-order valence-electron chi connectivity index (χ1n) is 8.45. The average molecular weight is 340 g/mol. The first kappa shape index (κ1) is 17.2. The molecule has 1 aromatic carbocycles. The summed E-state index contributed by atoms with van der Waals surface area (Å²) in [5.74, 6) is 2.40. The van der Waals surface area contributed by atoms with Crippen LogP contribution < -0.4 is 14.8 Å². The zero-order valence-electron chi connectivity index (χ0n) is 15.1. The van der Waals surface area contributed by atoms with E-state index in [2.05, 4.69) is 22.4 Å². The Morgan fingerprint density at radius 3 is 2.68 bits per heavy atom. The Hall–Kier alpha value is -2.60. The van der Waals surface area contributed by atoms with E-state index in [0.717, 1.165) is 28.5 Å². The Labute approximate surface area is 147 Å². The number of rotatable bonds is 7. The highest BCUT2D eigenvalue weighted by molar-refractivity contribution is 5.43. The quantitative estimate of drug-likeness (QED) is 0.714. The molecule has 0 amide bonds. The van der Waals surface area contributed by atoms with Crippen molar-refractivity contribution in [3.8, 4) is 11.5 Å². The fourth-order valence-corrected chi connectivity index (χ4v) is 2.69. The molecular weight excluding hydrogens is 316 g/mol. The molecule has 1 atom stereocenters. The smallest absolute Gasteiger partial charge is 0.161 e. The van der Waals surface area contributed by atoms with Gasteiger partial charge in [0.2, 0.25) is 0 Å². The molecule has 0 aliphatic carbocycles. The first-order chi connectivity index (χ1) is 12.1. The number of nitrogens with zero attached hydrogens (tertiary/aromatic N) is 3. The summed E-state index contributed by atoms with van der Waals surface area (Å²) in [5.41, 5.74) is 1.97. The third-order valence-electron chi connectivity index (χ3n) is 3.93. The van der Waals surface area contributed by atoms with Crippen molar-refractivity contribution in [2.24, 2.45) is 0 Å². The summed E-state index contributed by atoms with van der Waals surface area (Å²) in [5, 5.41) is 12.0. The summed E-state index contributed by atoms with van der Waals surface area (Å²) in [7, 11) is 1.66. The number of pyridine rings is 1. The highest BCUT2D eigenvalue weighted by Gasteiger charge is 2.13. The molecule has 2 aromatic heterocycles. The van der Waals surface area contributed by atoms with Crippen LogP contribution in [0.5, 0.6) is 11.5 Å². The van der Waals surface area contributed by atoms with Crippen molar-refractivity contribution < 1.29 is 9.47 Å². The Bertz CT molecular complexity index is 844. The van der Waals surface area contributed by atoms with Crippen molar-refractivity contribution in [1.29, 1.82) is 0 Å². The van der Waals surface area contributed by atoms with Gasteiger partial charge in [0.1, 0.15) is 0 Å². The molecule has 132 valence electrons. The molecule has 2 heterocycles. The van der Waals surface area contributed by atoms with E-state index in [-0.39, 0.29) is 12.1 Å². The molecule has 0 aliphatic rings. The highest BCUT2D eigenvalue weighted by Crippen LogP contribution is 2.29. The number of hydrogen-bond donors (Lipinski definition) is 1. The summed E-state index contributed by atoms with van der Waals surface area (Å²) in [4.78, 5) is 0. The number of fused-ring (bicyclic) bond motifs is 1. The second-order valence-electron chi connectivity index (χ2n) is 6.24. The minimum Gasteiger partial charge on any atom is -0.493 e. The molecule has 25 heavy (non-hydrogen) atoms. The molecular formula is C19H24N4O2. The van der Waals surface area contributed by atoms with E-state index in [0.29, 0.717) is 6.54 Å². The second kappa shape index (κ2) is 7.53. The molecule has 0 aliphatic heterocycles. The maximum absolute atomic E-state index is 5.76. The molecule has 6 heteroatoms. The molecule has 1 N–H and O–H groups in total. The average Bonchev–Trinajstić information content (AvgIpc) is 3.04. The SMILES string of the molecule is COc1cc(CN[C@@H](C)c2nnc3ccccn23)ccc1OC(C)C. The summed E-state index contributed by atoms with van der Waals surface area (Å²) in [6, 6.07) is 11.9. The minimum absolute atomic E-state index is 0.0648. The van der Waals surface area contributed by atoms with Crippen LogP contribution in [0.4, 0.5) is 0 Å². The molecule has 3 rings (SSSR count). The van der Waals surface area contributed by atoms with Gasteiger partial charge < -0.3 is 14.8 Å². The summed E-state index contributed by atoms with van der Waals surface area (Å²) in [6.45, 7) is 6.77. The van der Waals surface area contributed by atoms with Crippen LogP contribution in [-0.2, 0) is 6.54 Å². The Balaban J connectivity index is 1.70. The third-order valence-corrected chi connectivity index (χ3v) is 3.93. The van der Waals surface area contributed by atoms with Crippen LogP contribution in [0.1, 0.15) is 38.2 Å². The van der Waals surface area contributed by atoms with Crippen LogP contribution in [0.25, 0.3) is 5.65 Å². The zero-order chi connectivity index (χ0) is 17.8. The standard InChI is InChI=1S/C19H24N4O2/c1-13(2)25-16-9-8-15(11-17(16)24-4)12-20-14(3)19-22-21-18-7-5-6-10-23(18)19/h5-11,13-14,20H,12H2,1-4H3/t14-/m0/s1. The molecule has 0 saturated heterocycles. The Kier molecular flexibility index (Phi) is 5.19. The van der Waals surface area contributed by atoms with E-state index in [9.17, 15) is 0 Å². The lowest BCUT2D eigenvalue weighted by molar-refractivity contribution is 0.230. The van der Waals surface area contributed by atoms with Crippen LogP contribution >= 0.6 is 0 Å². The maximum Gasteiger partial charge on any atom is 0.161 e. The number of benzene rings is 1. The summed E-state index contributed by atoms with van der Waals surface area (Å²) >= 11 is 0. The van der Waals surface area contributed by atoms with Crippen LogP contribution in [0.15, 0.2) is 42.6 Å². The van der Waals surface area contributed by atoms with Gasteiger partial charge in [-0.15, -0.1) is 10.2 Å². The number of aromatic nitrogens is 3. The monoisotopic (exact) mass is 340 g/mol. The van der Waals surface area contributed by atoms with Gasteiger partial charge in [-0.1, -0.05) is 12.1 Å². The van der Waals surface area contributed by atoms with Crippen molar-refractivity contribution in [1.82, 2.24) is 19.9 Å². The minimum atomic E-state index is 0.0648. The molecule has 0 bridgehead atoms. The van der Waals surface area contributed by atoms with Gasteiger partial charge in [-0.2, -0.15) is 0 Å². The fraction of sp³-hybridized carbons (Fsp3) is 0.368. The lowest BCUT2D eigenvalue weighted by Gasteiger charge is -2.16. The molecule has 0 saturated carbocycles. The zero-order valence-corrected chi connectivity index (χ0v) is 15.1. The molecule has 0 fully saturated rings. The van der Waals surface area contributed by atoms with Crippen LogP contribution in [-0.4, -0.2) is 27.8 Å². The molecule has 0 spiro atoms. The Morgan fingerprint density at radius 1 is 1.08 bits per heavy atom. The predicted molar refractivity (Wildman–Crippen MR) is 97.0 cm³/mol. The van der Waals surface area contributed by atoms with Crippen molar-refractivity contribution in [3.05, 3.63) is 54.0 Å². The van der Waals surface area contributed by atoms with Crippen molar-refractivity contribution in [3.63, 3.8) is 0 Å². The molecule has 0 unspecified atom stereocenters. The number of nitrogens with one attached hydrogen (secondary N) is 1. The number of methoxy groups -OCH3 is 1. The number of ether oxygens (including phenoxy) is 2. The van der Waals surface area contributed by atoms with Gasteiger partial charge in [0.25, 0.3) is 0 Å². The van der Waals surface area contributed by atoms with Gasteiger partial charge in [0.05, 0.1) is 19.3 Å². The molecule has 3 aromatic rings. The van der Waals surface area contributed by atoms with E-state index in [4.69, 9.17) is 9.47 Å².